The van der Waals surface area contributed by atoms with Crippen molar-refractivity contribution in [1.82, 2.24) is 5.32 Å². The third-order valence-electron chi connectivity index (χ3n) is 4.48. The zero-order valence-corrected chi connectivity index (χ0v) is 16.0. The zero-order chi connectivity index (χ0) is 19.6. The van der Waals surface area contributed by atoms with Crippen molar-refractivity contribution in [3.63, 3.8) is 0 Å². The molecule has 27 heavy (non-hydrogen) atoms. The third-order valence-corrected chi connectivity index (χ3v) is 5.22. The monoisotopic (exact) mass is 408 g/mol. The minimum atomic E-state index is -0.785. The van der Waals surface area contributed by atoms with Gasteiger partial charge in [0.05, 0.1) is 17.2 Å². The number of aromatic hydroxyl groups is 1. The minimum Gasteiger partial charge on any atom is -0.508 e. The van der Waals surface area contributed by atoms with E-state index in [1.54, 1.807) is 30.3 Å². The molecular weight excluding hydrogens is 391 g/mol. The van der Waals surface area contributed by atoms with E-state index in [4.69, 9.17) is 27.9 Å². The fourth-order valence-corrected chi connectivity index (χ4v) is 3.26. The number of carbonyl (C=O) groups is 2. The second-order valence-electron chi connectivity index (χ2n) is 6.14. The number of phenolic OH excluding ortho intramolecular Hbond substituents is 1. The first-order valence-electron chi connectivity index (χ1n) is 8.30. The maximum atomic E-state index is 12.6. The van der Waals surface area contributed by atoms with Gasteiger partial charge in [0, 0.05) is 24.3 Å². The number of phenols is 1. The number of carbonyl (C=O) groups excluding carboxylic acids is 2. The molecule has 2 aromatic rings. The highest BCUT2D eigenvalue weighted by molar-refractivity contribution is 6.42. The lowest BCUT2D eigenvalue weighted by Gasteiger charge is -2.17. The number of anilines is 1. The molecule has 0 saturated carbocycles. The molecule has 0 aromatic heterocycles. The first-order valence-corrected chi connectivity index (χ1v) is 9.06. The second kappa shape index (κ2) is 8.06. The van der Waals surface area contributed by atoms with Crippen molar-refractivity contribution in [3.8, 4) is 11.5 Å². The Bertz CT molecular complexity index is 888. The van der Waals surface area contributed by atoms with Gasteiger partial charge in [0.2, 0.25) is 11.8 Å². The molecule has 0 spiro atoms. The van der Waals surface area contributed by atoms with Crippen molar-refractivity contribution in [3.05, 3.63) is 52.0 Å². The van der Waals surface area contributed by atoms with E-state index < -0.39 is 5.92 Å². The maximum absolute atomic E-state index is 12.6. The lowest BCUT2D eigenvalue weighted by atomic mass is 10.1. The molecule has 2 aromatic carbocycles. The minimum absolute atomic E-state index is 0.0475. The lowest BCUT2D eigenvalue weighted by Crippen LogP contribution is -2.36. The van der Waals surface area contributed by atoms with E-state index in [0.717, 1.165) is 0 Å². The predicted molar refractivity (Wildman–Crippen MR) is 103 cm³/mol. The molecule has 1 atom stereocenters. The van der Waals surface area contributed by atoms with Crippen molar-refractivity contribution in [2.75, 3.05) is 18.6 Å². The quantitative estimate of drug-likeness (QED) is 0.743. The first kappa shape index (κ1) is 19.3. The molecule has 8 heteroatoms. The van der Waals surface area contributed by atoms with Gasteiger partial charge in [-0.15, -0.1) is 0 Å². The number of amides is 2. The van der Waals surface area contributed by atoms with Gasteiger partial charge in [-0.1, -0.05) is 23.2 Å². The van der Waals surface area contributed by atoms with Crippen LogP contribution in [-0.2, 0) is 16.1 Å². The van der Waals surface area contributed by atoms with E-state index in [9.17, 15) is 14.7 Å². The maximum Gasteiger partial charge on any atom is 0.239 e. The Hall–Kier alpha value is -2.44. The number of hydrogen-bond donors (Lipinski definition) is 2. The fraction of sp³-hybridized carbons (Fsp3) is 0.263. The summed E-state index contributed by atoms with van der Waals surface area (Å²) in [6.07, 6.45) is 0.398. The van der Waals surface area contributed by atoms with Gasteiger partial charge >= 0.3 is 0 Å². The van der Waals surface area contributed by atoms with Crippen LogP contribution in [0, 0.1) is 5.92 Å². The molecule has 6 nitrogen and oxygen atoms in total. The molecule has 2 amide bonds. The first-order chi connectivity index (χ1) is 12.9. The number of nitrogens with zero attached hydrogens (tertiary/aromatic N) is 1. The summed E-state index contributed by atoms with van der Waals surface area (Å²) < 4.78 is 5.11. The van der Waals surface area contributed by atoms with Crippen LogP contribution < -0.4 is 15.0 Å². The van der Waals surface area contributed by atoms with Crippen LogP contribution in [-0.4, -0.2) is 30.6 Å². The number of methoxy groups -OCH3 is 1. The summed E-state index contributed by atoms with van der Waals surface area (Å²) in [4.78, 5) is 26.6. The van der Waals surface area contributed by atoms with Crippen molar-refractivity contribution in [2.24, 2.45) is 5.92 Å². The number of nitrogens with one attached hydrogen (secondary N) is 1. The number of hydrogen-bond acceptors (Lipinski definition) is 4. The Morgan fingerprint density at radius 1 is 1.26 bits per heavy atom. The summed E-state index contributed by atoms with van der Waals surface area (Å²) >= 11 is 11.9. The molecular formula is C19H18Cl2N2O4. The Kier molecular flexibility index (Phi) is 5.77. The Labute approximate surface area is 166 Å². The molecule has 0 radical (unpaired) electrons. The van der Waals surface area contributed by atoms with E-state index >= 15 is 0 Å². The topological polar surface area (TPSA) is 78.9 Å². The average Bonchev–Trinajstić information content (AvgIpc) is 3.04. The number of rotatable bonds is 5. The van der Waals surface area contributed by atoms with E-state index in [1.807, 2.05) is 0 Å². The summed E-state index contributed by atoms with van der Waals surface area (Å²) in [5, 5.41) is 13.4. The normalized spacial score (nSPS) is 16.5. The SMILES string of the molecule is COc1ccc(O)c(CNC(=O)C2CCN(c3ccc(Cl)c(Cl)c3)C2=O)c1. The van der Waals surface area contributed by atoms with E-state index in [-0.39, 0.29) is 24.1 Å². The van der Waals surface area contributed by atoms with Gasteiger partial charge in [0.1, 0.15) is 17.4 Å². The largest absolute Gasteiger partial charge is 0.508 e. The number of halogens is 2. The highest BCUT2D eigenvalue weighted by Gasteiger charge is 2.37. The van der Waals surface area contributed by atoms with Crippen molar-refractivity contribution >= 4 is 40.7 Å². The molecule has 1 aliphatic heterocycles. The van der Waals surface area contributed by atoms with Crippen molar-refractivity contribution in [1.29, 1.82) is 0 Å². The lowest BCUT2D eigenvalue weighted by molar-refractivity contribution is -0.132. The van der Waals surface area contributed by atoms with Gasteiger partial charge in [0.25, 0.3) is 0 Å². The number of benzene rings is 2. The van der Waals surface area contributed by atoms with Gasteiger partial charge in [-0.05, 0) is 42.8 Å². The molecule has 0 bridgehead atoms. The van der Waals surface area contributed by atoms with Crippen LogP contribution in [0.25, 0.3) is 0 Å². The fourth-order valence-electron chi connectivity index (χ4n) is 2.97. The Morgan fingerprint density at radius 2 is 2.04 bits per heavy atom. The summed E-state index contributed by atoms with van der Waals surface area (Å²) in [7, 11) is 1.52. The van der Waals surface area contributed by atoms with Crippen LogP contribution in [0.4, 0.5) is 5.69 Å². The number of ether oxygens (including phenoxy) is 1. The van der Waals surface area contributed by atoms with Crippen LogP contribution >= 0.6 is 23.2 Å². The standard InChI is InChI=1S/C19H18Cl2N2O4/c1-27-13-3-5-17(24)11(8-13)10-22-18(25)14-6-7-23(19(14)26)12-2-4-15(20)16(21)9-12/h2-5,8-9,14,24H,6-7,10H2,1H3,(H,22,25). The Morgan fingerprint density at radius 3 is 2.74 bits per heavy atom. The van der Waals surface area contributed by atoms with Crippen LogP contribution in [0.3, 0.4) is 0 Å². The van der Waals surface area contributed by atoms with Gasteiger partial charge in [0.15, 0.2) is 0 Å². The molecule has 1 aliphatic rings. The van der Waals surface area contributed by atoms with Crippen LogP contribution in [0.1, 0.15) is 12.0 Å². The molecule has 2 N–H and O–H groups in total. The third kappa shape index (κ3) is 4.12. The van der Waals surface area contributed by atoms with Gasteiger partial charge in [-0.3, -0.25) is 9.59 Å². The molecule has 1 saturated heterocycles. The summed E-state index contributed by atoms with van der Waals surface area (Å²) in [6, 6.07) is 9.67. The average molecular weight is 409 g/mol. The van der Waals surface area contributed by atoms with Gasteiger partial charge in [-0.25, -0.2) is 0 Å². The van der Waals surface area contributed by atoms with Gasteiger partial charge < -0.3 is 20.1 Å². The van der Waals surface area contributed by atoms with E-state index in [2.05, 4.69) is 5.32 Å². The van der Waals surface area contributed by atoms with Crippen LogP contribution in [0.2, 0.25) is 10.0 Å². The Balaban J connectivity index is 1.66. The second-order valence-corrected chi connectivity index (χ2v) is 6.96. The molecule has 0 aliphatic carbocycles. The van der Waals surface area contributed by atoms with Crippen LogP contribution in [0.5, 0.6) is 11.5 Å². The summed E-state index contributed by atoms with van der Waals surface area (Å²) in [6.45, 7) is 0.512. The van der Waals surface area contributed by atoms with Crippen LogP contribution in [0.15, 0.2) is 36.4 Å². The van der Waals surface area contributed by atoms with E-state index in [0.29, 0.717) is 40.0 Å². The molecule has 142 valence electrons. The molecule has 3 rings (SSSR count). The van der Waals surface area contributed by atoms with Crippen molar-refractivity contribution in [2.45, 2.75) is 13.0 Å². The molecule has 1 heterocycles. The summed E-state index contributed by atoms with van der Waals surface area (Å²) in [5.74, 6) is -0.844. The summed E-state index contributed by atoms with van der Waals surface area (Å²) in [5.41, 5.74) is 1.12. The highest BCUT2D eigenvalue weighted by Crippen LogP contribution is 2.31. The molecule has 1 unspecified atom stereocenters. The smallest absolute Gasteiger partial charge is 0.239 e. The zero-order valence-electron chi connectivity index (χ0n) is 14.5. The highest BCUT2D eigenvalue weighted by atomic mass is 35.5. The van der Waals surface area contributed by atoms with Gasteiger partial charge in [-0.2, -0.15) is 0 Å². The molecule has 1 fully saturated rings. The van der Waals surface area contributed by atoms with Crippen molar-refractivity contribution < 1.29 is 19.4 Å². The van der Waals surface area contributed by atoms with E-state index in [1.165, 1.54) is 18.1 Å². The predicted octanol–water partition coefficient (Wildman–Crippen LogP) is 3.38.